The van der Waals surface area contributed by atoms with Gasteiger partial charge in [-0.3, -0.25) is 9.48 Å². The first-order valence-electron chi connectivity index (χ1n) is 9.20. The molecule has 2 atom stereocenters. The first-order chi connectivity index (χ1) is 12.8. The number of nitrogens with one attached hydrogen (secondary N) is 2. The molecule has 2 aromatic rings. The van der Waals surface area contributed by atoms with Crippen molar-refractivity contribution < 1.29 is 14.3 Å². The van der Waals surface area contributed by atoms with Crippen LogP contribution in [0.4, 0.5) is 5.69 Å². The van der Waals surface area contributed by atoms with E-state index in [1.54, 1.807) is 6.07 Å². The predicted molar refractivity (Wildman–Crippen MR) is 97.6 cm³/mol. The minimum atomic E-state index is -0.230. The highest BCUT2D eigenvalue weighted by molar-refractivity contribution is 6.03. The Bertz CT molecular complexity index is 749. The highest BCUT2D eigenvalue weighted by Crippen LogP contribution is 2.27. The van der Waals surface area contributed by atoms with Gasteiger partial charge in [-0.05, 0) is 37.6 Å². The minimum Gasteiger partial charge on any atom is -0.486 e. The van der Waals surface area contributed by atoms with Crippen molar-refractivity contribution in [1.82, 2.24) is 15.1 Å². The van der Waals surface area contributed by atoms with Gasteiger partial charge in [0.1, 0.15) is 11.9 Å². The molecule has 0 bridgehead atoms. The van der Waals surface area contributed by atoms with Crippen molar-refractivity contribution in [3.8, 4) is 5.75 Å². The molecule has 1 aromatic heterocycles. The third-order valence-corrected chi connectivity index (χ3v) is 4.80. The monoisotopic (exact) mass is 356 g/mol. The molecule has 2 aliphatic rings. The Hall–Kier alpha value is -2.38. The summed E-state index contributed by atoms with van der Waals surface area (Å²) >= 11 is 0. The summed E-state index contributed by atoms with van der Waals surface area (Å²) in [6, 6.07) is 9.54. The maximum Gasteiger partial charge on any atom is 0.276 e. The van der Waals surface area contributed by atoms with E-state index in [0.717, 1.165) is 32.4 Å². The van der Waals surface area contributed by atoms with E-state index >= 15 is 0 Å². The number of hydrogen-bond donors (Lipinski definition) is 2. The first-order valence-corrected chi connectivity index (χ1v) is 9.20. The number of piperidine rings is 1. The summed E-state index contributed by atoms with van der Waals surface area (Å²) < 4.78 is 13.2. The molecule has 4 rings (SSSR count). The third-order valence-electron chi connectivity index (χ3n) is 4.80. The fourth-order valence-electron chi connectivity index (χ4n) is 3.37. The summed E-state index contributed by atoms with van der Waals surface area (Å²) in [4.78, 5) is 12.6. The van der Waals surface area contributed by atoms with Gasteiger partial charge in [-0.2, -0.15) is 5.10 Å². The van der Waals surface area contributed by atoms with Crippen molar-refractivity contribution in [2.45, 2.75) is 31.4 Å². The van der Waals surface area contributed by atoms with Gasteiger partial charge in [0, 0.05) is 19.2 Å². The summed E-state index contributed by atoms with van der Waals surface area (Å²) in [6.45, 7) is 3.24. The Morgan fingerprint density at radius 2 is 2.23 bits per heavy atom. The molecule has 0 radical (unpaired) electrons. The maximum atomic E-state index is 12.6. The van der Waals surface area contributed by atoms with Crippen molar-refractivity contribution in [2.24, 2.45) is 0 Å². The van der Waals surface area contributed by atoms with Crippen LogP contribution in [0.25, 0.3) is 0 Å². The molecule has 0 spiro atoms. The van der Waals surface area contributed by atoms with Crippen LogP contribution < -0.4 is 15.4 Å². The Morgan fingerprint density at radius 3 is 3.04 bits per heavy atom. The molecule has 1 amide bonds. The van der Waals surface area contributed by atoms with E-state index in [4.69, 9.17) is 9.47 Å². The molecular formula is C19H24N4O3. The summed E-state index contributed by atoms with van der Waals surface area (Å²) in [6.07, 6.45) is 4.98. The standard InChI is InChI=1S/C19H24N4O3/c24-19(17-7-10-23(22-17)14-4-3-9-20-12-14)21-16-5-1-2-6-18(16)26-15-8-11-25-13-15/h1-2,5-7,10,14-15,20H,3-4,8-9,11-13H2,(H,21,24). The van der Waals surface area contributed by atoms with E-state index in [2.05, 4.69) is 15.7 Å². The highest BCUT2D eigenvalue weighted by Gasteiger charge is 2.21. The lowest BCUT2D eigenvalue weighted by Crippen LogP contribution is -2.32. The molecule has 2 fully saturated rings. The van der Waals surface area contributed by atoms with Crippen LogP contribution in [0.5, 0.6) is 5.75 Å². The second-order valence-corrected chi connectivity index (χ2v) is 6.73. The zero-order chi connectivity index (χ0) is 17.8. The smallest absolute Gasteiger partial charge is 0.276 e. The number of benzene rings is 1. The van der Waals surface area contributed by atoms with Crippen LogP contribution >= 0.6 is 0 Å². The molecular weight excluding hydrogens is 332 g/mol. The van der Waals surface area contributed by atoms with Crippen LogP contribution in [-0.2, 0) is 4.74 Å². The van der Waals surface area contributed by atoms with Crippen LogP contribution in [0.3, 0.4) is 0 Å². The third kappa shape index (κ3) is 3.89. The quantitative estimate of drug-likeness (QED) is 0.859. The van der Waals surface area contributed by atoms with Gasteiger partial charge in [-0.1, -0.05) is 12.1 Å². The fraction of sp³-hybridized carbons (Fsp3) is 0.474. The summed E-state index contributed by atoms with van der Waals surface area (Å²) in [5.74, 6) is 0.429. The number of para-hydroxylation sites is 2. The number of nitrogens with zero attached hydrogens (tertiary/aromatic N) is 2. The van der Waals surface area contributed by atoms with Gasteiger partial charge >= 0.3 is 0 Å². The normalized spacial score (nSPS) is 22.9. The topological polar surface area (TPSA) is 77.4 Å². The Morgan fingerprint density at radius 1 is 1.31 bits per heavy atom. The molecule has 2 saturated heterocycles. The second kappa shape index (κ2) is 7.88. The molecule has 2 aliphatic heterocycles. The number of hydrogen-bond acceptors (Lipinski definition) is 5. The first kappa shape index (κ1) is 17.1. The molecule has 2 N–H and O–H groups in total. The van der Waals surface area contributed by atoms with E-state index in [9.17, 15) is 4.79 Å². The molecule has 3 heterocycles. The number of carbonyl (C=O) groups is 1. The molecule has 138 valence electrons. The second-order valence-electron chi connectivity index (χ2n) is 6.73. The van der Waals surface area contributed by atoms with Crippen molar-refractivity contribution in [3.05, 3.63) is 42.2 Å². The molecule has 2 unspecified atom stereocenters. The van der Waals surface area contributed by atoms with E-state index in [-0.39, 0.29) is 12.0 Å². The van der Waals surface area contributed by atoms with Crippen LogP contribution in [0.15, 0.2) is 36.5 Å². The molecule has 26 heavy (non-hydrogen) atoms. The maximum absolute atomic E-state index is 12.6. The van der Waals surface area contributed by atoms with Crippen LogP contribution in [0.2, 0.25) is 0 Å². The van der Waals surface area contributed by atoms with Crippen molar-refractivity contribution in [2.75, 3.05) is 31.6 Å². The van der Waals surface area contributed by atoms with E-state index in [1.165, 1.54) is 0 Å². The summed E-state index contributed by atoms with van der Waals surface area (Å²) in [5.41, 5.74) is 1.06. The minimum absolute atomic E-state index is 0.0334. The largest absolute Gasteiger partial charge is 0.486 e. The average Bonchev–Trinajstić information content (AvgIpc) is 3.36. The summed E-state index contributed by atoms with van der Waals surface area (Å²) in [7, 11) is 0. The van der Waals surface area contributed by atoms with Gasteiger partial charge in [-0.15, -0.1) is 0 Å². The Kier molecular flexibility index (Phi) is 5.17. The number of amides is 1. The van der Waals surface area contributed by atoms with Crippen molar-refractivity contribution >= 4 is 11.6 Å². The van der Waals surface area contributed by atoms with Crippen molar-refractivity contribution in [3.63, 3.8) is 0 Å². The van der Waals surface area contributed by atoms with Gasteiger partial charge in [-0.25, -0.2) is 0 Å². The molecule has 7 heteroatoms. The van der Waals surface area contributed by atoms with Gasteiger partial charge in [0.15, 0.2) is 5.69 Å². The van der Waals surface area contributed by atoms with Gasteiger partial charge in [0.25, 0.3) is 5.91 Å². The predicted octanol–water partition coefficient (Wildman–Crippen LogP) is 2.23. The number of carbonyl (C=O) groups excluding carboxylic acids is 1. The van der Waals surface area contributed by atoms with Crippen LogP contribution in [-0.4, -0.2) is 48.1 Å². The molecule has 0 aliphatic carbocycles. The van der Waals surface area contributed by atoms with Gasteiger partial charge in [0.05, 0.1) is 24.9 Å². The average molecular weight is 356 g/mol. The summed E-state index contributed by atoms with van der Waals surface area (Å²) in [5, 5.41) is 10.8. The lowest BCUT2D eigenvalue weighted by molar-refractivity contribution is 0.101. The molecule has 7 nitrogen and oxygen atoms in total. The van der Waals surface area contributed by atoms with E-state index in [0.29, 0.717) is 36.4 Å². The lowest BCUT2D eigenvalue weighted by atomic mass is 10.1. The highest BCUT2D eigenvalue weighted by atomic mass is 16.5. The molecule has 0 saturated carbocycles. The van der Waals surface area contributed by atoms with E-state index in [1.807, 2.05) is 35.1 Å². The lowest BCUT2D eigenvalue weighted by Gasteiger charge is -2.22. The molecule has 1 aromatic carbocycles. The Balaban J connectivity index is 1.44. The van der Waals surface area contributed by atoms with Crippen molar-refractivity contribution in [1.29, 1.82) is 0 Å². The fourth-order valence-corrected chi connectivity index (χ4v) is 3.37. The number of ether oxygens (including phenoxy) is 2. The number of rotatable bonds is 5. The van der Waals surface area contributed by atoms with Gasteiger partial charge in [0.2, 0.25) is 0 Å². The number of aromatic nitrogens is 2. The van der Waals surface area contributed by atoms with Gasteiger partial charge < -0.3 is 20.1 Å². The SMILES string of the molecule is O=C(Nc1ccccc1OC1CCOC1)c1ccn(C2CCCNC2)n1. The zero-order valence-electron chi connectivity index (χ0n) is 14.7. The van der Waals surface area contributed by atoms with E-state index < -0.39 is 0 Å². The van der Waals surface area contributed by atoms with Crippen LogP contribution in [0, 0.1) is 0 Å². The van der Waals surface area contributed by atoms with Crippen LogP contribution in [0.1, 0.15) is 35.8 Å². The Labute approximate surface area is 152 Å². The zero-order valence-corrected chi connectivity index (χ0v) is 14.7. The number of anilines is 1.